The van der Waals surface area contributed by atoms with Crippen LogP contribution in [0.5, 0.6) is 17.2 Å². The maximum Gasteiger partial charge on any atom is 0.169 e. The van der Waals surface area contributed by atoms with Crippen LogP contribution in [0, 0.1) is 0 Å². The average Bonchev–Trinajstić information content (AvgIpc) is 2.47. The molecule has 0 aliphatic rings. The highest BCUT2D eigenvalue weighted by atomic mass is 35.5. The molecule has 2 aromatic carbocycles. The van der Waals surface area contributed by atoms with Crippen molar-refractivity contribution in [3.05, 3.63) is 53.1 Å². The Bertz CT molecular complexity index is 596. The number of hydrogen-bond donors (Lipinski definition) is 0. The lowest BCUT2D eigenvalue weighted by atomic mass is 10.2. The fraction of sp³-hybridized carbons (Fsp3) is 0.188. The summed E-state index contributed by atoms with van der Waals surface area (Å²) in [5.74, 6) is 1.62. The van der Waals surface area contributed by atoms with Gasteiger partial charge in [0.1, 0.15) is 5.75 Å². The Labute approximate surface area is 123 Å². The van der Waals surface area contributed by atoms with Gasteiger partial charge in [-0.3, -0.25) is 4.79 Å². The zero-order valence-electron chi connectivity index (χ0n) is 11.1. The van der Waals surface area contributed by atoms with Gasteiger partial charge in [-0.15, -0.1) is 0 Å². The predicted molar refractivity (Wildman–Crippen MR) is 79.1 cm³/mol. The molecule has 0 saturated heterocycles. The van der Waals surface area contributed by atoms with Crippen molar-refractivity contribution in [2.24, 2.45) is 0 Å². The van der Waals surface area contributed by atoms with Crippen LogP contribution in [0.4, 0.5) is 0 Å². The van der Waals surface area contributed by atoms with Gasteiger partial charge in [-0.2, -0.15) is 0 Å². The van der Waals surface area contributed by atoms with Crippen molar-refractivity contribution in [3.63, 3.8) is 0 Å². The van der Waals surface area contributed by atoms with Crippen molar-refractivity contribution in [2.75, 3.05) is 6.61 Å². The second kappa shape index (κ2) is 6.96. The number of hydrogen-bond acceptors (Lipinski definition) is 3. The van der Waals surface area contributed by atoms with Crippen molar-refractivity contribution < 1.29 is 14.3 Å². The van der Waals surface area contributed by atoms with Crippen molar-refractivity contribution in [1.82, 2.24) is 0 Å². The third-order valence-corrected chi connectivity index (χ3v) is 2.87. The van der Waals surface area contributed by atoms with Gasteiger partial charge in [0, 0.05) is 11.1 Å². The molecule has 20 heavy (non-hydrogen) atoms. The SMILES string of the molecule is CCCOc1ccccc1Oc1cc(Cl)ccc1C=O. The Balaban J connectivity index is 2.30. The van der Waals surface area contributed by atoms with Gasteiger partial charge >= 0.3 is 0 Å². The summed E-state index contributed by atoms with van der Waals surface area (Å²) < 4.78 is 11.4. The smallest absolute Gasteiger partial charge is 0.169 e. The fourth-order valence-corrected chi connectivity index (χ4v) is 1.84. The molecule has 0 aliphatic carbocycles. The maximum atomic E-state index is 11.0. The molecule has 4 heteroatoms. The summed E-state index contributed by atoms with van der Waals surface area (Å²) in [7, 11) is 0. The zero-order valence-corrected chi connectivity index (χ0v) is 11.9. The standard InChI is InChI=1S/C16H15ClO3/c1-2-9-19-14-5-3-4-6-15(14)20-16-10-13(17)8-7-12(16)11-18/h3-8,10-11H,2,9H2,1H3. The number of carbonyl (C=O) groups is 1. The molecule has 0 amide bonds. The Morgan fingerprint density at radius 3 is 2.55 bits per heavy atom. The number of ether oxygens (including phenoxy) is 2. The Kier molecular flexibility index (Phi) is 5.02. The highest BCUT2D eigenvalue weighted by Gasteiger charge is 2.09. The molecule has 0 heterocycles. The molecule has 0 radical (unpaired) electrons. The Morgan fingerprint density at radius 2 is 1.85 bits per heavy atom. The van der Waals surface area contributed by atoms with Gasteiger partial charge in [-0.25, -0.2) is 0 Å². The van der Waals surface area contributed by atoms with Crippen LogP contribution in [0.15, 0.2) is 42.5 Å². The van der Waals surface area contributed by atoms with Crippen molar-refractivity contribution in [2.45, 2.75) is 13.3 Å². The third kappa shape index (κ3) is 3.52. The van der Waals surface area contributed by atoms with Crippen LogP contribution in [0.2, 0.25) is 5.02 Å². The first-order valence-electron chi connectivity index (χ1n) is 6.39. The summed E-state index contributed by atoms with van der Waals surface area (Å²) in [6.45, 7) is 2.64. The summed E-state index contributed by atoms with van der Waals surface area (Å²) in [5.41, 5.74) is 0.444. The van der Waals surface area contributed by atoms with Crippen LogP contribution in [-0.4, -0.2) is 12.9 Å². The lowest BCUT2D eigenvalue weighted by Crippen LogP contribution is -1.98. The van der Waals surface area contributed by atoms with E-state index in [0.717, 1.165) is 12.7 Å². The molecule has 0 atom stereocenters. The van der Waals surface area contributed by atoms with E-state index in [-0.39, 0.29) is 0 Å². The van der Waals surface area contributed by atoms with Gasteiger partial charge in [-0.1, -0.05) is 30.7 Å². The minimum atomic E-state index is 0.417. The van der Waals surface area contributed by atoms with Crippen LogP contribution in [-0.2, 0) is 0 Å². The lowest BCUT2D eigenvalue weighted by molar-refractivity contribution is 0.112. The summed E-state index contributed by atoms with van der Waals surface area (Å²) >= 11 is 5.94. The van der Waals surface area contributed by atoms with E-state index in [1.165, 1.54) is 0 Å². The van der Waals surface area contributed by atoms with Crippen molar-refractivity contribution >= 4 is 17.9 Å². The molecule has 2 rings (SSSR count). The van der Waals surface area contributed by atoms with Crippen LogP contribution in [0.25, 0.3) is 0 Å². The molecular formula is C16H15ClO3. The maximum absolute atomic E-state index is 11.0. The summed E-state index contributed by atoms with van der Waals surface area (Å²) in [6.07, 6.45) is 1.65. The first-order valence-corrected chi connectivity index (χ1v) is 6.76. The topological polar surface area (TPSA) is 35.5 Å². The van der Waals surface area contributed by atoms with Gasteiger partial charge in [0.15, 0.2) is 17.8 Å². The molecule has 0 aromatic heterocycles. The third-order valence-electron chi connectivity index (χ3n) is 2.63. The fourth-order valence-electron chi connectivity index (χ4n) is 1.68. The number of halogens is 1. The van der Waals surface area contributed by atoms with Crippen LogP contribution < -0.4 is 9.47 Å². The summed E-state index contributed by atoms with van der Waals surface area (Å²) in [4.78, 5) is 11.0. The largest absolute Gasteiger partial charge is 0.490 e. The molecule has 104 valence electrons. The van der Waals surface area contributed by atoms with E-state index in [1.54, 1.807) is 24.3 Å². The van der Waals surface area contributed by atoms with Gasteiger partial charge in [0.05, 0.1) is 12.2 Å². The molecular weight excluding hydrogens is 276 g/mol. The van der Waals surface area contributed by atoms with E-state index in [9.17, 15) is 4.79 Å². The van der Waals surface area contributed by atoms with Gasteiger partial charge in [-0.05, 0) is 30.7 Å². The van der Waals surface area contributed by atoms with E-state index in [4.69, 9.17) is 21.1 Å². The quantitative estimate of drug-likeness (QED) is 0.721. The van der Waals surface area contributed by atoms with Crippen LogP contribution in [0.3, 0.4) is 0 Å². The predicted octanol–water partition coefficient (Wildman–Crippen LogP) is 4.73. The first kappa shape index (κ1) is 14.4. The Hall–Kier alpha value is -2.00. The second-order valence-corrected chi connectivity index (χ2v) is 4.63. The summed E-state index contributed by atoms with van der Waals surface area (Å²) in [6, 6.07) is 12.2. The van der Waals surface area contributed by atoms with E-state index in [0.29, 0.717) is 34.4 Å². The minimum Gasteiger partial charge on any atom is -0.490 e. The second-order valence-electron chi connectivity index (χ2n) is 4.20. The number of aldehydes is 1. The normalized spacial score (nSPS) is 10.1. The molecule has 0 N–H and O–H groups in total. The minimum absolute atomic E-state index is 0.417. The van der Waals surface area contributed by atoms with Gasteiger partial charge < -0.3 is 9.47 Å². The highest BCUT2D eigenvalue weighted by Crippen LogP contribution is 2.33. The molecule has 3 nitrogen and oxygen atoms in total. The van der Waals surface area contributed by atoms with E-state index >= 15 is 0 Å². The first-order chi connectivity index (χ1) is 9.74. The molecule has 0 aliphatic heterocycles. The number of carbonyl (C=O) groups excluding carboxylic acids is 1. The number of benzene rings is 2. The zero-order chi connectivity index (χ0) is 14.4. The monoisotopic (exact) mass is 290 g/mol. The molecule has 0 bridgehead atoms. The molecule has 0 saturated carbocycles. The van der Waals surface area contributed by atoms with E-state index in [2.05, 4.69) is 0 Å². The number of rotatable bonds is 6. The average molecular weight is 291 g/mol. The Morgan fingerprint density at radius 1 is 1.10 bits per heavy atom. The molecule has 2 aromatic rings. The lowest BCUT2D eigenvalue weighted by Gasteiger charge is -2.13. The molecule has 0 unspecified atom stereocenters. The van der Waals surface area contributed by atoms with Gasteiger partial charge in [0.2, 0.25) is 0 Å². The number of para-hydroxylation sites is 2. The van der Waals surface area contributed by atoms with Crippen LogP contribution in [0.1, 0.15) is 23.7 Å². The molecule has 0 fully saturated rings. The van der Waals surface area contributed by atoms with E-state index < -0.39 is 0 Å². The van der Waals surface area contributed by atoms with Crippen LogP contribution >= 0.6 is 11.6 Å². The highest BCUT2D eigenvalue weighted by molar-refractivity contribution is 6.30. The van der Waals surface area contributed by atoms with Crippen molar-refractivity contribution in [3.8, 4) is 17.2 Å². The van der Waals surface area contributed by atoms with Gasteiger partial charge in [0.25, 0.3) is 0 Å². The summed E-state index contributed by atoms with van der Waals surface area (Å²) in [5, 5.41) is 0.512. The molecule has 0 spiro atoms. The van der Waals surface area contributed by atoms with Crippen molar-refractivity contribution in [1.29, 1.82) is 0 Å². The van der Waals surface area contributed by atoms with E-state index in [1.807, 2.05) is 25.1 Å².